The second-order valence-corrected chi connectivity index (χ2v) is 8.42. The number of aliphatic imine (C=N–C) groups is 1. The summed E-state index contributed by atoms with van der Waals surface area (Å²) in [5.41, 5.74) is 2.70. The van der Waals surface area contributed by atoms with Crippen molar-refractivity contribution in [1.29, 1.82) is 0 Å². The van der Waals surface area contributed by atoms with Gasteiger partial charge in [0.25, 0.3) is 5.91 Å². The number of nitrogens with zero attached hydrogens (tertiary/aromatic N) is 3. The zero-order valence-corrected chi connectivity index (χ0v) is 21.3. The first-order valence-corrected chi connectivity index (χ1v) is 12.0. The average molecular weight is 514 g/mol. The van der Waals surface area contributed by atoms with Crippen molar-refractivity contribution in [3.8, 4) is 0 Å². The monoisotopic (exact) mass is 513 g/mol. The average Bonchev–Trinajstić information content (AvgIpc) is 3.32. The Hall–Kier alpha value is -3.72. The Morgan fingerprint density at radius 3 is 2.56 bits per heavy atom. The molecule has 1 fully saturated rings. The van der Waals surface area contributed by atoms with Crippen molar-refractivity contribution in [2.45, 2.75) is 39.3 Å². The molecule has 2 aromatic carbocycles. The van der Waals surface area contributed by atoms with Gasteiger partial charge in [-0.25, -0.2) is 0 Å². The number of halogens is 1. The minimum atomic E-state index is -0.415. The normalized spacial score (nSPS) is 15.2. The molecule has 0 radical (unpaired) electrons. The molecule has 1 unspecified atom stereocenters. The summed E-state index contributed by atoms with van der Waals surface area (Å²) < 4.78 is 4.81. The molecule has 0 spiro atoms. The predicted octanol–water partition coefficient (Wildman–Crippen LogP) is 3.19. The largest absolute Gasteiger partial charge is 0.465 e. The van der Waals surface area contributed by atoms with Gasteiger partial charge in [-0.05, 0) is 56.5 Å². The van der Waals surface area contributed by atoms with Gasteiger partial charge >= 0.3 is 5.97 Å². The molecular formula is C26H32ClN5O4. The van der Waals surface area contributed by atoms with Crippen LogP contribution in [0.25, 0.3) is 0 Å². The highest BCUT2D eigenvalue weighted by Crippen LogP contribution is 2.20. The third-order valence-electron chi connectivity index (χ3n) is 5.40. The summed E-state index contributed by atoms with van der Waals surface area (Å²) in [5.74, 6) is 5.03. The van der Waals surface area contributed by atoms with Crippen LogP contribution in [0, 0.1) is 0 Å². The number of nitrogens with two attached hydrogens (primary N) is 1. The van der Waals surface area contributed by atoms with E-state index in [1.807, 2.05) is 17.0 Å². The maximum absolute atomic E-state index is 12.7. The lowest BCUT2D eigenvalue weighted by Gasteiger charge is -2.21. The fraction of sp³-hybridized carbons (Fsp3) is 0.346. The molecule has 1 aliphatic heterocycles. The molecule has 2 amide bonds. The second-order valence-electron chi connectivity index (χ2n) is 7.98. The van der Waals surface area contributed by atoms with Crippen LogP contribution in [0.5, 0.6) is 0 Å². The van der Waals surface area contributed by atoms with Gasteiger partial charge in [-0.1, -0.05) is 35.9 Å². The summed E-state index contributed by atoms with van der Waals surface area (Å²) >= 11 is 5.66. The van der Waals surface area contributed by atoms with Crippen LogP contribution in [0.1, 0.15) is 48.2 Å². The number of benzene rings is 2. The third-order valence-corrected chi connectivity index (χ3v) is 5.65. The van der Waals surface area contributed by atoms with Crippen molar-refractivity contribution in [2.24, 2.45) is 15.9 Å². The number of carbonyl (C=O) groups excluding carboxylic acids is 3. The number of amides is 2. The highest BCUT2D eigenvalue weighted by atomic mass is 35.5. The molecule has 0 bridgehead atoms. The molecule has 3 rings (SSSR count). The van der Waals surface area contributed by atoms with Crippen LogP contribution < -0.4 is 11.2 Å². The van der Waals surface area contributed by atoms with E-state index >= 15 is 0 Å². The number of hydrogen-bond acceptors (Lipinski definition) is 7. The molecule has 9 nitrogen and oxygen atoms in total. The summed E-state index contributed by atoms with van der Waals surface area (Å²) in [6.07, 6.45) is 4.15. The van der Waals surface area contributed by atoms with Crippen molar-refractivity contribution in [1.82, 2.24) is 10.2 Å². The number of nitrogens with one attached hydrogen (secondary N) is 1. The van der Waals surface area contributed by atoms with Crippen LogP contribution in [0.15, 0.2) is 58.6 Å². The molecule has 2 aromatic rings. The molecule has 1 saturated heterocycles. The van der Waals surface area contributed by atoms with Crippen molar-refractivity contribution in [3.63, 3.8) is 0 Å². The van der Waals surface area contributed by atoms with Gasteiger partial charge < -0.3 is 20.8 Å². The Balaban J connectivity index is 0.000000346. The molecule has 36 heavy (non-hydrogen) atoms. The van der Waals surface area contributed by atoms with Crippen LogP contribution >= 0.6 is 11.6 Å². The molecule has 1 heterocycles. The zero-order chi connectivity index (χ0) is 26.3. The van der Waals surface area contributed by atoms with Gasteiger partial charge in [0.2, 0.25) is 6.41 Å². The van der Waals surface area contributed by atoms with E-state index in [2.05, 4.69) is 22.3 Å². The summed E-state index contributed by atoms with van der Waals surface area (Å²) in [7, 11) is 0. The van der Waals surface area contributed by atoms with E-state index in [1.54, 1.807) is 43.3 Å². The van der Waals surface area contributed by atoms with Gasteiger partial charge in [0, 0.05) is 35.3 Å². The first kappa shape index (κ1) is 28.5. The van der Waals surface area contributed by atoms with E-state index in [4.69, 9.17) is 22.2 Å². The second kappa shape index (κ2) is 15.3. The zero-order valence-electron chi connectivity index (χ0n) is 20.5. The Morgan fingerprint density at radius 2 is 1.94 bits per heavy atom. The van der Waals surface area contributed by atoms with Gasteiger partial charge in [-0.2, -0.15) is 5.10 Å². The number of esters is 1. The molecule has 0 aromatic heterocycles. The Labute approximate surface area is 216 Å². The van der Waals surface area contributed by atoms with Crippen LogP contribution in [-0.4, -0.2) is 60.9 Å². The lowest BCUT2D eigenvalue weighted by molar-refractivity contribution is -0.141. The molecule has 3 N–H and O–H groups in total. The number of carbonyl (C=O) groups is 3. The fourth-order valence-corrected chi connectivity index (χ4v) is 3.70. The van der Waals surface area contributed by atoms with Crippen molar-refractivity contribution < 1.29 is 19.1 Å². The summed E-state index contributed by atoms with van der Waals surface area (Å²) in [6, 6.07) is 14.7. The van der Waals surface area contributed by atoms with E-state index in [1.165, 1.54) is 6.21 Å². The molecule has 1 atom stereocenters. The lowest BCUT2D eigenvalue weighted by atomic mass is 10.1. The lowest BCUT2D eigenvalue weighted by Crippen LogP contribution is -2.33. The molecular weight excluding hydrogens is 482 g/mol. The van der Waals surface area contributed by atoms with E-state index in [9.17, 15) is 14.4 Å². The van der Waals surface area contributed by atoms with Gasteiger partial charge in [0.05, 0.1) is 12.8 Å². The van der Waals surface area contributed by atoms with E-state index < -0.39 is 5.97 Å². The highest BCUT2D eigenvalue weighted by molar-refractivity contribution is 6.38. The molecule has 10 heteroatoms. The fourth-order valence-electron chi connectivity index (χ4n) is 3.57. The number of hydrazone groups is 1. The van der Waals surface area contributed by atoms with Crippen LogP contribution in [0.4, 0.5) is 0 Å². The van der Waals surface area contributed by atoms with Crippen LogP contribution in [0.3, 0.4) is 0 Å². The van der Waals surface area contributed by atoms with Gasteiger partial charge in [0.1, 0.15) is 12.3 Å². The summed E-state index contributed by atoms with van der Waals surface area (Å²) in [6.45, 7) is 5.34. The molecule has 0 aliphatic carbocycles. The summed E-state index contributed by atoms with van der Waals surface area (Å²) in [4.78, 5) is 39.8. The van der Waals surface area contributed by atoms with E-state index in [0.29, 0.717) is 41.4 Å². The quantitative estimate of drug-likeness (QED) is 0.175. The number of rotatable bonds is 9. The van der Waals surface area contributed by atoms with E-state index in [0.717, 1.165) is 24.9 Å². The van der Waals surface area contributed by atoms with Gasteiger partial charge in [-0.15, -0.1) is 0 Å². The maximum Gasteiger partial charge on any atom is 0.327 e. The minimum absolute atomic E-state index is 0.00619. The Kier molecular flexibility index (Phi) is 12.1. The Bertz CT molecular complexity index is 1070. The molecule has 1 aliphatic rings. The summed E-state index contributed by atoms with van der Waals surface area (Å²) in [5, 5.41) is 6.97. The number of likely N-dealkylation sites (tertiary alicyclic amines) is 1. The molecule has 0 saturated carbocycles. The predicted molar refractivity (Wildman–Crippen MR) is 141 cm³/mol. The smallest absolute Gasteiger partial charge is 0.327 e. The van der Waals surface area contributed by atoms with Crippen molar-refractivity contribution >= 4 is 41.8 Å². The minimum Gasteiger partial charge on any atom is -0.465 e. The van der Waals surface area contributed by atoms with Gasteiger partial charge in [0.15, 0.2) is 0 Å². The van der Waals surface area contributed by atoms with Crippen molar-refractivity contribution in [3.05, 3.63) is 70.2 Å². The topological polar surface area (TPSA) is 126 Å². The standard InChI is InChI=1S/C18H24N4O3.C8H8ClNO/c1-3-25-17(23)12-20-11-16(21-19)14-7-4-8-15(10-14)18(24)22-9-5-6-13(22)2;9-8-3-1-7(2-4-8)5-10-6-11/h4,7-8,10-11,13H,3,5-6,9,12,19H2,1-2H3;1-4,6H,5H2,(H,10,11)/b20-11?,21-16+;. The van der Waals surface area contributed by atoms with Gasteiger partial charge in [-0.3, -0.25) is 19.4 Å². The SMILES string of the molecule is CCOC(=O)CN=C/C(=N\N)c1cccc(C(=O)N2CCCC2C)c1.O=CNCc1ccc(Cl)cc1. The third kappa shape index (κ3) is 9.14. The maximum atomic E-state index is 12.7. The first-order chi connectivity index (χ1) is 17.4. The molecule has 192 valence electrons. The Morgan fingerprint density at radius 1 is 1.22 bits per heavy atom. The van der Waals surface area contributed by atoms with Crippen LogP contribution in [0.2, 0.25) is 5.02 Å². The van der Waals surface area contributed by atoms with Crippen LogP contribution in [-0.2, 0) is 20.9 Å². The highest BCUT2D eigenvalue weighted by Gasteiger charge is 2.26. The first-order valence-electron chi connectivity index (χ1n) is 11.7. The number of hydrogen-bond donors (Lipinski definition) is 2. The van der Waals surface area contributed by atoms with Crippen molar-refractivity contribution in [2.75, 3.05) is 19.7 Å². The number of ether oxygens (including phenoxy) is 1. The van der Waals surface area contributed by atoms with E-state index in [-0.39, 0.29) is 18.5 Å².